The average molecular weight is 158 g/mol. The van der Waals surface area contributed by atoms with Gasteiger partial charge in [-0.25, -0.2) is 0 Å². The molecule has 1 unspecified atom stereocenters. The second-order valence-corrected chi connectivity index (χ2v) is 2.39. The molecule has 0 saturated carbocycles. The van der Waals surface area contributed by atoms with Gasteiger partial charge < -0.3 is 10.8 Å². The molecule has 1 atom stereocenters. The van der Waals surface area contributed by atoms with Crippen molar-refractivity contribution >= 4 is 11.8 Å². The van der Waals surface area contributed by atoms with Crippen LogP contribution in [0.3, 0.4) is 0 Å². The van der Waals surface area contributed by atoms with E-state index >= 15 is 0 Å². The molecule has 5 nitrogen and oxygen atoms in total. The second kappa shape index (κ2) is 2.98. The van der Waals surface area contributed by atoms with Gasteiger partial charge in [-0.2, -0.15) is 0 Å². The van der Waals surface area contributed by atoms with Crippen LogP contribution in [0.5, 0.6) is 0 Å². The van der Waals surface area contributed by atoms with Gasteiger partial charge in [-0.1, -0.05) is 0 Å². The Balaban J connectivity index is 2.64. The molecule has 0 spiro atoms. The Labute approximate surface area is 63.8 Å². The first-order valence-electron chi connectivity index (χ1n) is 3.39. The molecule has 2 amide bonds. The summed E-state index contributed by atoms with van der Waals surface area (Å²) >= 11 is 0. The summed E-state index contributed by atoms with van der Waals surface area (Å²) in [4.78, 5) is 22.8. The molecule has 0 aromatic heterocycles. The van der Waals surface area contributed by atoms with E-state index in [0.717, 1.165) is 4.90 Å². The van der Waals surface area contributed by atoms with E-state index in [4.69, 9.17) is 10.8 Å². The van der Waals surface area contributed by atoms with Gasteiger partial charge in [0.1, 0.15) is 6.10 Å². The highest BCUT2D eigenvalue weighted by atomic mass is 16.3. The summed E-state index contributed by atoms with van der Waals surface area (Å²) in [6, 6.07) is 0. The van der Waals surface area contributed by atoms with E-state index in [1.807, 2.05) is 0 Å². The molecule has 1 heterocycles. The van der Waals surface area contributed by atoms with E-state index in [-0.39, 0.29) is 25.4 Å². The summed E-state index contributed by atoms with van der Waals surface area (Å²) in [5, 5.41) is 8.91. The Hall–Kier alpha value is -0.940. The molecule has 3 N–H and O–H groups in total. The van der Waals surface area contributed by atoms with Crippen molar-refractivity contribution < 1.29 is 14.7 Å². The molecule has 0 bridgehead atoms. The van der Waals surface area contributed by atoms with E-state index in [1.165, 1.54) is 0 Å². The largest absolute Gasteiger partial charge is 0.383 e. The lowest BCUT2D eigenvalue weighted by Gasteiger charge is -2.11. The molecule has 1 rings (SSSR count). The van der Waals surface area contributed by atoms with Crippen molar-refractivity contribution in [1.82, 2.24) is 4.90 Å². The highest BCUT2D eigenvalue weighted by Gasteiger charge is 2.36. The van der Waals surface area contributed by atoms with Crippen molar-refractivity contribution in [2.75, 3.05) is 13.1 Å². The number of hydrogen-bond acceptors (Lipinski definition) is 4. The molecule has 62 valence electrons. The third-order valence-electron chi connectivity index (χ3n) is 1.57. The van der Waals surface area contributed by atoms with Crippen LogP contribution in [0.1, 0.15) is 6.42 Å². The molecule has 1 aliphatic heterocycles. The molecule has 1 saturated heterocycles. The number of aliphatic hydroxyl groups is 1. The maximum atomic E-state index is 10.9. The molecule has 11 heavy (non-hydrogen) atoms. The zero-order valence-corrected chi connectivity index (χ0v) is 5.99. The van der Waals surface area contributed by atoms with Crippen LogP contribution in [0.2, 0.25) is 0 Å². The number of carbonyl (C=O) groups is 2. The predicted octanol–water partition coefficient (Wildman–Crippen LogP) is -1.94. The first-order valence-corrected chi connectivity index (χ1v) is 3.39. The lowest BCUT2D eigenvalue weighted by atomic mass is 10.3. The molecular formula is C6H10N2O3. The molecule has 0 aliphatic carbocycles. The minimum Gasteiger partial charge on any atom is -0.383 e. The number of imide groups is 1. The van der Waals surface area contributed by atoms with E-state index in [1.54, 1.807) is 0 Å². The Kier molecular flexibility index (Phi) is 2.21. The van der Waals surface area contributed by atoms with Crippen LogP contribution in [0.4, 0.5) is 0 Å². The molecule has 0 aromatic rings. The van der Waals surface area contributed by atoms with Gasteiger partial charge in [0.25, 0.3) is 5.91 Å². The zero-order chi connectivity index (χ0) is 8.43. The molecule has 0 aromatic carbocycles. The highest BCUT2D eigenvalue weighted by Crippen LogP contribution is 2.11. The predicted molar refractivity (Wildman–Crippen MR) is 36.4 cm³/mol. The SMILES string of the molecule is NCCN1C(=O)CC(O)C1=O. The van der Waals surface area contributed by atoms with Crippen LogP contribution in [0.25, 0.3) is 0 Å². The van der Waals surface area contributed by atoms with Crippen molar-refractivity contribution in [1.29, 1.82) is 0 Å². The number of amides is 2. The summed E-state index contributed by atoms with van der Waals surface area (Å²) in [7, 11) is 0. The van der Waals surface area contributed by atoms with Gasteiger partial charge in [-0.3, -0.25) is 14.5 Å². The fourth-order valence-electron chi connectivity index (χ4n) is 1.03. The fourth-order valence-corrected chi connectivity index (χ4v) is 1.03. The van der Waals surface area contributed by atoms with Crippen LogP contribution in [-0.4, -0.2) is 41.0 Å². The summed E-state index contributed by atoms with van der Waals surface area (Å²) in [6.45, 7) is 0.443. The third-order valence-corrected chi connectivity index (χ3v) is 1.57. The van der Waals surface area contributed by atoms with Crippen molar-refractivity contribution in [3.8, 4) is 0 Å². The van der Waals surface area contributed by atoms with Gasteiger partial charge in [-0.15, -0.1) is 0 Å². The smallest absolute Gasteiger partial charge is 0.258 e. The minimum atomic E-state index is -1.14. The number of carbonyl (C=O) groups excluding carboxylic acids is 2. The Morgan fingerprint density at radius 1 is 1.64 bits per heavy atom. The normalized spacial score (nSPS) is 24.9. The average Bonchev–Trinajstić information content (AvgIpc) is 2.17. The summed E-state index contributed by atoms with van der Waals surface area (Å²) in [5.74, 6) is -0.867. The molecule has 0 radical (unpaired) electrons. The zero-order valence-electron chi connectivity index (χ0n) is 5.99. The van der Waals surface area contributed by atoms with E-state index in [0.29, 0.717) is 0 Å². The van der Waals surface area contributed by atoms with E-state index in [2.05, 4.69) is 0 Å². The van der Waals surface area contributed by atoms with Gasteiger partial charge in [-0.05, 0) is 0 Å². The third kappa shape index (κ3) is 1.38. The number of likely N-dealkylation sites (tertiary alicyclic amines) is 1. The standard InChI is InChI=1S/C6H10N2O3/c7-1-2-8-5(10)3-4(9)6(8)11/h4,9H,1-3,7H2. The molecule has 1 fully saturated rings. The Morgan fingerprint density at radius 2 is 2.27 bits per heavy atom. The number of hydrogen-bond donors (Lipinski definition) is 2. The summed E-state index contributed by atoms with van der Waals surface area (Å²) in [5.41, 5.74) is 5.15. The lowest BCUT2D eigenvalue weighted by molar-refractivity contribution is -0.140. The van der Waals surface area contributed by atoms with Gasteiger partial charge >= 0.3 is 0 Å². The van der Waals surface area contributed by atoms with Gasteiger partial charge in [0.05, 0.1) is 6.42 Å². The van der Waals surface area contributed by atoms with E-state index < -0.39 is 12.0 Å². The van der Waals surface area contributed by atoms with Gasteiger partial charge in [0, 0.05) is 13.1 Å². The first kappa shape index (κ1) is 8.16. The van der Waals surface area contributed by atoms with Crippen LogP contribution < -0.4 is 5.73 Å². The fraction of sp³-hybridized carbons (Fsp3) is 0.667. The number of aliphatic hydroxyl groups excluding tert-OH is 1. The summed E-state index contributed by atoms with van der Waals surface area (Å²) < 4.78 is 0. The maximum absolute atomic E-state index is 10.9. The number of nitrogens with zero attached hydrogens (tertiary/aromatic N) is 1. The summed E-state index contributed by atoms with van der Waals surface area (Å²) in [6.07, 6.45) is -1.24. The van der Waals surface area contributed by atoms with Gasteiger partial charge in [0.2, 0.25) is 5.91 Å². The lowest BCUT2D eigenvalue weighted by Crippen LogP contribution is -2.35. The Bertz CT molecular complexity index is 192. The minimum absolute atomic E-state index is 0.0984. The number of nitrogens with two attached hydrogens (primary N) is 1. The van der Waals surface area contributed by atoms with Crippen molar-refractivity contribution in [3.63, 3.8) is 0 Å². The molecule has 1 aliphatic rings. The van der Waals surface area contributed by atoms with Crippen molar-refractivity contribution in [2.24, 2.45) is 5.73 Å². The van der Waals surface area contributed by atoms with Crippen LogP contribution >= 0.6 is 0 Å². The molecular weight excluding hydrogens is 148 g/mol. The quantitative estimate of drug-likeness (QED) is 0.458. The van der Waals surface area contributed by atoms with Crippen molar-refractivity contribution in [3.05, 3.63) is 0 Å². The molecule has 5 heteroatoms. The number of rotatable bonds is 2. The van der Waals surface area contributed by atoms with Crippen LogP contribution in [-0.2, 0) is 9.59 Å². The monoisotopic (exact) mass is 158 g/mol. The first-order chi connectivity index (χ1) is 5.16. The van der Waals surface area contributed by atoms with Crippen LogP contribution in [0, 0.1) is 0 Å². The van der Waals surface area contributed by atoms with Crippen molar-refractivity contribution in [2.45, 2.75) is 12.5 Å². The van der Waals surface area contributed by atoms with Gasteiger partial charge in [0.15, 0.2) is 0 Å². The maximum Gasteiger partial charge on any atom is 0.258 e. The highest BCUT2D eigenvalue weighted by molar-refractivity contribution is 6.04. The van der Waals surface area contributed by atoms with E-state index in [9.17, 15) is 9.59 Å². The topological polar surface area (TPSA) is 83.6 Å². The Morgan fingerprint density at radius 3 is 2.64 bits per heavy atom. The second-order valence-electron chi connectivity index (χ2n) is 2.39. The van der Waals surface area contributed by atoms with Crippen LogP contribution in [0.15, 0.2) is 0 Å².